The van der Waals surface area contributed by atoms with Crippen molar-refractivity contribution in [3.8, 4) is 0 Å². The lowest BCUT2D eigenvalue weighted by Crippen LogP contribution is -1.94. The van der Waals surface area contributed by atoms with Crippen LogP contribution in [0.15, 0.2) is 10.6 Å². The van der Waals surface area contributed by atoms with Crippen LogP contribution in [-0.4, -0.2) is 27.9 Å². The summed E-state index contributed by atoms with van der Waals surface area (Å²) in [4.78, 5) is 10.4. The molecule has 2 N–H and O–H groups in total. The van der Waals surface area contributed by atoms with Gasteiger partial charge in [0, 0.05) is 19.1 Å². The molecule has 0 aromatic carbocycles. The number of rotatable bonds is 6. The fourth-order valence-corrected chi connectivity index (χ4v) is 1.12. The Labute approximate surface area is 81.3 Å². The van der Waals surface area contributed by atoms with Gasteiger partial charge < -0.3 is 14.7 Å². The van der Waals surface area contributed by atoms with Crippen molar-refractivity contribution in [3.05, 3.63) is 17.5 Å². The molecule has 0 aliphatic heterocycles. The second-order valence-corrected chi connectivity index (χ2v) is 3.02. The first-order valence-corrected chi connectivity index (χ1v) is 4.54. The molecule has 0 aliphatic carbocycles. The number of hydrogen-bond acceptors (Lipinski definition) is 4. The van der Waals surface area contributed by atoms with Crippen LogP contribution in [0.3, 0.4) is 0 Å². The van der Waals surface area contributed by atoms with E-state index < -0.39 is 5.97 Å². The van der Waals surface area contributed by atoms with Crippen molar-refractivity contribution in [1.29, 1.82) is 0 Å². The summed E-state index contributed by atoms with van der Waals surface area (Å²) in [6.07, 6.45) is 3.20. The number of carboxylic acid groups (broad SMARTS) is 1. The maximum Gasteiger partial charge on any atom is 0.358 e. The summed E-state index contributed by atoms with van der Waals surface area (Å²) < 4.78 is 4.81. The molecule has 1 aromatic rings. The van der Waals surface area contributed by atoms with E-state index in [1.165, 1.54) is 6.07 Å². The van der Waals surface area contributed by atoms with Crippen molar-refractivity contribution in [2.45, 2.75) is 25.7 Å². The van der Waals surface area contributed by atoms with Crippen LogP contribution in [0.5, 0.6) is 0 Å². The molecule has 0 saturated heterocycles. The SMILES string of the molecule is O=C(O)c1cc(CCCCCO)on1. The largest absolute Gasteiger partial charge is 0.476 e. The molecule has 5 heteroatoms. The Kier molecular flexibility index (Phi) is 4.12. The molecule has 78 valence electrons. The van der Waals surface area contributed by atoms with Crippen LogP contribution in [0.4, 0.5) is 0 Å². The van der Waals surface area contributed by atoms with Gasteiger partial charge in [-0.05, 0) is 12.8 Å². The minimum atomic E-state index is -1.07. The number of hydrogen-bond donors (Lipinski definition) is 2. The fourth-order valence-electron chi connectivity index (χ4n) is 1.12. The van der Waals surface area contributed by atoms with Crippen LogP contribution in [0, 0.1) is 0 Å². The first kappa shape index (κ1) is 10.7. The van der Waals surface area contributed by atoms with Crippen molar-refractivity contribution in [2.75, 3.05) is 6.61 Å². The lowest BCUT2D eigenvalue weighted by molar-refractivity contribution is 0.0685. The molecule has 0 radical (unpaired) electrons. The van der Waals surface area contributed by atoms with Gasteiger partial charge in [0.1, 0.15) is 5.76 Å². The first-order valence-electron chi connectivity index (χ1n) is 4.54. The molecule has 0 bridgehead atoms. The number of aliphatic hydroxyl groups is 1. The number of aromatic carboxylic acids is 1. The van der Waals surface area contributed by atoms with Crippen LogP contribution in [0.2, 0.25) is 0 Å². The van der Waals surface area contributed by atoms with Gasteiger partial charge in [-0.2, -0.15) is 0 Å². The zero-order valence-corrected chi connectivity index (χ0v) is 7.77. The smallest absolute Gasteiger partial charge is 0.358 e. The molecule has 0 saturated carbocycles. The Morgan fingerprint density at radius 3 is 2.79 bits per heavy atom. The molecule has 0 amide bonds. The highest BCUT2D eigenvalue weighted by Crippen LogP contribution is 2.08. The van der Waals surface area contributed by atoms with Crippen molar-refractivity contribution < 1.29 is 19.5 Å². The lowest BCUT2D eigenvalue weighted by atomic mass is 10.1. The number of aryl methyl sites for hydroxylation is 1. The summed E-state index contributed by atoms with van der Waals surface area (Å²) in [7, 11) is 0. The standard InChI is InChI=1S/C9H13NO4/c11-5-3-1-2-4-7-6-8(9(12)13)10-14-7/h6,11H,1-5H2,(H,12,13). The summed E-state index contributed by atoms with van der Waals surface area (Å²) in [5, 5.41) is 20.5. The van der Waals surface area contributed by atoms with E-state index in [1.807, 2.05) is 0 Å². The Bertz CT molecular complexity index is 295. The van der Waals surface area contributed by atoms with Crippen molar-refractivity contribution >= 4 is 5.97 Å². The monoisotopic (exact) mass is 199 g/mol. The number of aliphatic hydroxyl groups excluding tert-OH is 1. The van der Waals surface area contributed by atoms with Crippen LogP contribution < -0.4 is 0 Å². The Morgan fingerprint density at radius 1 is 1.43 bits per heavy atom. The van der Waals surface area contributed by atoms with Gasteiger partial charge in [-0.3, -0.25) is 0 Å². The number of carbonyl (C=O) groups is 1. The molecule has 1 aromatic heterocycles. The normalized spacial score (nSPS) is 10.4. The van der Waals surface area contributed by atoms with Crippen molar-refractivity contribution in [1.82, 2.24) is 5.16 Å². The van der Waals surface area contributed by atoms with Gasteiger partial charge >= 0.3 is 5.97 Å². The summed E-state index contributed by atoms with van der Waals surface area (Å²) >= 11 is 0. The van der Waals surface area contributed by atoms with Gasteiger partial charge in [0.25, 0.3) is 0 Å². The lowest BCUT2D eigenvalue weighted by Gasteiger charge is -1.94. The zero-order chi connectivity index (χ0) is 10.4. The minimum absolute atomic E-state index is 0.0536. The predicted octanol–water partition coefficient (Wildman–Crippen LogP) is 1.08. The van der Waals surface area contributed by atoms with E-state index in [0.29, 0.717) is 12.2 Å². The number of carboxylic acids is 1. The fraction of sp³-hybridized carbons (Fsp3) is 0.556. The van der Waals surface area contributed by atoms with Gasteiger partial charge in [-0.25, -0.2) is 4.79 Å². The van der Waals surface area contributed by atoms with Gasteiger partial charge in [-0.1, -0.05) is 11.6 Å². The number of nitrogens with zero attached hydrogens (tertiary/aromatic N) is 1. The van der Waals surface area contributed by atoms with Gasteiger partial charge in [0.15, 0.2) is 5.69 Å². The van der Waals surface area contributed by atoms with E-state index in [1.54, 1.807) is 0 Å². The first-order chi connectivity index (χ1) is 6.74. The van der Waals surface area contributed by atoms with E-state index in [2.05, 4.69) is 5.16 Å². The molecule has 0 fully saturated rings. The summed E-state index contributed by atoms with van der Waals surface area (Å²) in [6.45, 7) is 0.191. The second kappa shape index (κ2) is 5.39. The summed E-state index contributed by atoms with van der Waals surface area (Å²) in [5.74, 6) is -0.490. The summed E-state index contributed by atoms with van der Waals surface area (Å²) in [6, 6.07) is 1.43. The Morgan fingerprint density at radius 2 is 2.21 bits per heavy atom. The third-order valence-electron chi connectivity index (χ3n) is 1.86. The minimum Gasteiger partial charge on any atom is -0.476 e. The van der Waals surface area contributed by atoms with E-state index in [4.69, 9.17) is 14.7 Å². The average Bonchev–Trinajstić information content (AvgIpc) is 2.61. The van der Waals surface area contributed by atoms with Crippen LogP contribution in [0.1, 0.15) is 35.5 Å². The van der Waals surface area contributed by atoms with Crippen molar-refractivity contribution in [3.63, 3.8) is 0 Å². The van der Waals surface area contributed by atoms with E-state index in [-0.39, 0.29) is 12.3 Å². The molecule has 0 atom stereocenters. The van der Waals surface area contributed by atoms with E-state index in [0.717, 1.165) is 19.3 Å². The molecular formula is C9H13NO4. The average molecular weight is 199 g/mol. The maximum atomic E-state index is 10.4. The molecule has 0 unspecified atom stereocenters. The van der Waals surface area contributed by atoms with Gasteiger partial charge in [0.05, 0.1) is 0 Å². The van der Waals surface area contributed by atoms with Crippen LogP contribution in [0.25, 0.3) is 0 Å². The molecule has 14 heavy (non-hydrogen) atoms. The second-order valence-electron chi connectivity index (χ2n) is 3.02. The quantitative estimate of drug-likeness (QED) is 0.670. The highest BCUT2D eigenvalue weighted by Gasteiger charge is 2.09. The topological polar surface area (TPSA) is 83.6 Å². The molecule has 1 heterocycles. The number of aromatic nitrogens is 1. The molecule has 5 nitrogen and oxygen atoms in total. The van der Waals surface area contributed by atoms with Gasteiger partial charge in [0.2, 0.25) is 0 Å². The van der Waals surface area contributed by atoms with E-state index >= 15 is 0 Å². The third-order valence-corrected chi connectivity index (χ3v) is 1.86. The Balaban J connectivity index is 2.33. The molecule has 0 spiro atoms. The van der Waals surface area contributed by atoms with Crippen LogP contribution in [-0.2, 0) is 6.42 Å². The molecule has 1 rings (SSSR count). The third kappa shape index (κ3) is 3.18. The van der Waals surface area contributed by atoms with E-state index in [9.17, 15) is 4.79 Å². The van der Waals surface area contributed by atoms with Gasteiger partial charge in [-0.15, -0.1) is 0 Å². The highest BCUT2D eigenvalue weighted by atomic mass is 16.5. The van der Waals surface area contributed by atoms with Crippen LogP contribution >= 0.6 is 0 Å². The maximum absolute atomic E-state index is 10.4. The number of unbranched alkanes of at least 4 members (excludes halogenated alkanes) is 2. The predicted molar refractivity (Wildman–Crippen MR) is 48.1 cm³/mol. The zero-order valence-electron chi connectivity index (χ0n) is 7.77. The molecule has 0 aliphatic rings. The Hall–Kier alpha value is -1.36. The highest BCUT2D eigenvalue weighted by molar-refractivity contribution is 5.85. The molecular weight excluding hydrogens is 186 g/mol. The summed E-state index contributed by atoms with van der Waals surface area (Å²) in [5.41, 5.74) is -0.0536. The van der Waals surface area contributed by atoms with Crippen molar-refractivity contribution in [2.24, 2.45) is 0 Å².